The van der Waals surface area contributed by atoms with Crippen LogP contribution in [-0.2, 0) is 9.53 Å². The smallest absolute Gasteiger partial charge is 0.220 e. The zero-order valence-electron chi connectivity index (χ0n) is 12.4. The lowest BCUT2D eigenvalue weighted by atomic mass is 9.85. The fraction of sp³-hybridized carbons (Fsp3) is 0.929. The van der Waals surface area contributed by atoms with Crippen LogP contribution in [0.4, 0.5) is 0 Å². The molecule has 0 aliphatic carbocycles. The van der Waals surface area contributed by atoms with E-state index in [-0.39, 0.29) is 18.3 Å². The van der Waals surface area contributed by atoms with Gasteiger partial charge in [0.1, 0.15) is 0 Å². The molecule has 4 nitrogen and oxygen atoms in total. The quantitative estimate of drug-likeness (QED) is 0.753. The summed E-state index contributed by atoms with van der Waals surface area (Å²) in [4.78, 5) is 11.8. The van der Waals surface area contributed by atoms with Gasteiger partial charge in [0.15, 0.2) is 0 Å². The number of rotatable bonds is 7. The van der Waals surface area contributed by atoms with Crippen molar-refractivity contribution in [3.63, 3.8) is 0 Å². The number of carbonyl (C=O) groups is 1. The van der Waals surface area contributed by atoms with Crippen molar-refractivity contribution < 1.29 is 9.53 Å². The molecular formula is C14H29ClN2O2. The summed E-state index contributed by atoms with van der Waals surface area (Å²) in [5.41, 5.74) is 0. The fourth-order valence-corrected chi connectivity index (χ4v) is 2.53. The molecule has 1 amide bonds. The van der Waals surface area contributed by atoms with Crippen LogP contribution in [0.5, 0.6) is 0 Å². The minimum Gasteiger partial charge on any atom is -0.384 e. The Balaban J connectivity index is 0.00000324. The van der Waals surface area contributed by atoms with Crippen LogP contribution < -0.4 is 10.6 Å². The van der Waals surface area contributed by atoms with Gasteiger partial charge in [-0.1, -0.05) is 13.8 Å². The van der Waals surface area contributed by atoms with E-state index in [0.717, 1.165) is 13.1 Å². The second-order valence-electron chi connectivity index (χ2n) is 5.65. The number of halogens is 1. The van der Waals surface area contributed by atoms with Gasteiger partial charge in [0.2, 0.25) is 5.91 Å². The predicted molar refractivity (Wildman–Crippen MR) is 80.7 cm³/mol. The molecule has 19 heavy (non-hydrogen) atoms. The predicted octanol–water partition coefficient (Wildman–Crippen LogP) is 1.83. The van der Waals surface area contributed by atoms with Crippen molar-refractivity contribution in [3.05, 3.63) is 0 Å². The summed E-state index contributed by atoms with van der Waals surface area (Å²) in [5.74, 6) is 1.68. The lowest BCUT2D eigenvalue weighted by molar-refractivity contribution is -0.122. The number of nitrogens with one attached hydrogen (secondary N) is 2. The van der Waals surface area contributed by atoms with Gasteiger partial charge in [-0.05, 0) is 43.7 Å². The number of methoxy groups -OCH3 is 1. The molecular weight excluding hydrogens is 264 g/mol. The first-order valence-corrected chi connectivity index (χ1v) is 7.09. The Morgan fingerprint density at radius 3 is 2.79 bits per heavy atom. The van der Waals surface area contributed by atoms with Gasteiger partial charge >= 0.3 is 0 Å². The lowest BCUT2D eigenvalue weighted by Crippen LogP contribution is -2.36. The summed E-state index contributed by atoms with van der Waals surface area (Å²) < 4.78 is 5.05. The normalized spacial score (nSPS) is 22.2. The number of piperidine rings is 1. The Labute approximate surface area is 123 Å². The molecule has 0 radical (unpaired) electrons. The summed E-state index contributed by atoms with van der Waals surface area (Å²) >= 11 is 0. The van der Waals surface area contributed by atoms with Crippen LogP contribution in [0, 0.1) is 17.8 Å². The van der Waals surface area contributed by atoms with E-state index in [2.05, 4.69) is 24.5 Å². The Hall–Kier alpha value is -0.320. The summed E-state index contributed by atoms with van der Waals surface area (Å²) in [7, 11) is 1.69. The molecule has 0 aromatic heterocycles. The van der Waals surface area contributed by atoms with Gasteiger partial charge in [0.05, 0.1) is 6.61 Å². The SMILES string of the molecule is COCC(C)CNC(=O)CC(C)C1CCCNC1.Cl. The van der Waals surface area contributed by atoms with E-state index in [1.807, 2.05) is 0 Å². The van der Waals surface area contributed by atoms with Gasteiger partial charge in [-0.3, -0.25) is 4.79 Å². The highest BCUT2D eigenvalue weighted by molar-refractivity contribution is 5.85. The van der Waals surface area contributed by atoms with E-state index < -0.39 is 0 Å². The molecule has 1 saturated heterocycles. The summed E-state index contributed by atoms with van der Waals surface area (Å²) in [6, 6.07) is 0. The Morgan fingerprint density at radius 2 is 2.21 bits per heavy atom. The molecule has 1 aliphatic rings. The van der Waals surface area contributed by atoms with E-state index in [0.29, 0.717) is 37.3 Å². The second-order valence-corrected chi connectivity index (χ2v) is 5.65. The van der Waals surface area contributed by atoms with Crippen molar-refractivity contribution in [1.29, 1.82) is 0 Å². The molecule has 1 aliphatic heterocycles. The standard InChI is InChI=1S/C14H28N2O2.ClH/c1-11(10-18-3)8-16-14(17)7-12(2)13-5-4-6-15-9-13;/h11-13,15H,4-10H2,1-3H3,(H,16,17);1H. The van der Waals surface area contributed by atoms with E-state index in [1.54, 1.807) is 7.11 Å². The van der Waals surface area contributed by atoms with Crippen LogP contribution in [0.15, 0.2) is 0 Å². The highest BCUT2D eigenvalue weighted by atomic mass is 35.5. The highest BCUT2D eigenvalue weighted by Crippen LogP contribution is 2.22. The first-order chi connectivity index (χ1) is 8.63. The van der Waals surface area contributed by atoms with Crippen LogP contribution >= 0.6 is 12.4 Å². The average Bonchev–Trinajstić information content (AvgIpc) is 2.38. The summed E-state index contributed by atoms with van der Waals surface area (Å²) in [6.45, 7) is 7.87. The second kappa shape index (κ2) is 10.5. The number of hydrogen-bond donors (Lipinski definition) is 2. The fourth-order valence-electron chi connectivity index (χ4n) is 2.53. The maximum Gasteiger partial charge on any atom is 0.220 e. The molecule has 5 heteroatoms. The van der Waals surface area contributed by atoms with Crippen molar-refractivity contribution in [2.45, 2.75) is 33.1 Å². The summed E-state index contributed by atoms with van der Waals surface area (Å²) in [6.07, 6.45) is 3.13. The largest absolute Gasteiger partial charge is 0.384 e. The van der Waals surface area contributed by atoms with Crippen LogP contribution in [0.25, 0.3) is 0 Å². The van der Waals surface area contributed by atoms with Gasteiger partial charge in [-0.2, -0.15) is 0 Å². The molecule has 1 heterocycles. The first kappa shape index (κ1) is 18.7. The van der Waals surface area contributed by atoms with Crippen LogP contribution in [0.1, 0.15) is 33.1 Å². The third kappa shape index (κ3) is 7.75. The molecule has 1 fully saturated rings. The van der Waals surface area contributed by atoms with E-state index in [9.17, 15) is 4.79 Å². The van der Waals surface area contributed by atoms with Crippen molar-refractivity contribution in [2.75, 3.05) is 33.4 Å². The van der Waals surface area contributed by atoms with Gasteiger partial charge in [0.25, 0.3) is 0 Å². The number of hydrogen-bond acceptors (Lipinski definition) is 3. The molecule has 2 N–H and O–H groups in total. The Bertz CT molecular complexity index is 246. The molecule has 0 aromatic carbocycles. The Morgan fingerprint density at radius 1 is 1.47 bits per heavy atom. The first-order valence-electron chi connectivity index (χ1n) is 7.09. The summed E-state index contributed by atoms with van der Waals surface area (Å²) in [5, 5.41) is 6.41. The number of ether oxygens (including phenoxy) is 1. The third-order valence-electron chi connectivity index (χ3n) is 3.75. The highest BCUT2D eigenvalue weighted by Gasteiger charge is 2.21. The number of amides is 1. The van der Waals surface area contributed by atoms with E-state index in [4.69, 9.17) is 4.74 Å². The van der Waals surface area contributed by atoms with Crippen LogP contribution in [0.3, 0.4) is 0 Å². The van der Waals surface area contributed by atoms with Crippen molar-refractivity contribution in [3.8, 4) is 0 Å². The maximum absolute atomic E-state index is 11.8. The average molecular weight is 293 g/mol. The van der Waals surface area contributed by atoms with Crippen LogP contribution in [-0.4, -0.2) is 39.3 Å². The lowest BCUT2D eigenvalue weighted by Gasteiger charge is -2.28. The molecule has 0 aromatic rings. The van der Waals surface area contributed by atoms with Gasteiger partial charge in [-0.15, -0.1) is 12.4 Å². The monoisotopic (exact) mass is 292 g/mol. The molecule has 0 saturated carbocycles. The van der Waals surface area contributed by atoms with Gasteiger partial charge in [0, 0.05) is 20.1 Å². The van der Waals surface area contributed by atoms with Crippen LogP contribution in [0.2, 0.25) is 0 Å². The van der Waals surface area contributed by atoms with E-state index >= 15 is 0 Å². The molecule has 3 unspecified atom stereocenters. The number of carbonyl (C=O) groups excluding carboxylic acids is 1. The molecule has 3 atom stereocenters. The van der Waals surface area contributed by atoms with Crippen molar-refractivity contribution in [2.24, 2.45) is 17.8 Å². The topological polar surface area (TPSA) is 50.4 Å². The van der Waals surface area contributed by atoms with Gasteiger partial charge < -0.3 is 15.4 Å². The van der Waals surface area contributed by atoms with Crippen molar-refractivity contribution in [1.82, 2.24) is 10.6 Å². The Kier molecular flexibility index (Phi) is 10.3. The molecule has 0 bridgehead atoms. The van der Waals surface area contributed by atoms with Gasteiger partial charge in [-0.25, -0.2) is 0 Å². The zero-order chi connectivity index (χ0) is 13.4. The minimum absolute atomic E-state index is 0. The van der Waals surface area contributed by atoms with Crippen molar-refractivity contribution >= 4 is 18.3 Å². The third-order valence-corrected chi connectivity index (χ3v) is 3.75. The maximum atomic E-state index is 11.8. The minimum atomic E-state index is 0. The molecule has 114 valence electrons. The molecule has 1 rings (SSSR count). The van der Waals surface area contributed by atoms with E-state index in [1.165, 1.54) is 12.8 Å². The zero-order valence-corrected chi connectivity index (χ0v) is 13.2. The molecule has 0 spiro atoms.